The molecule has 2 fully saturated rings. The Labute approximate surface area is 113 Å². The zero-order valence-corrected chi connectivity index (χ0v) is 11.5. The third-order valence-electron chi connectivity index (χ3n) is 3.71. The molecule has 2 aliphatic rings. The normalized spacial score (nSPS) is 27.4. The smallest absolute Gasteiger partial charge is 0.242 e. The maximum atomic E-state index is 12.1. The lowest BCUT2D eigenvalue weighted by atomic mass is 10.1. The van der Waals surface area contributed by atoms with E-state index in [1.807, 2.05) is 6.92 Å². The van der Waals surface area contributed by atoms with Crippen LogP contribution in [0.25, 0.3) is 0 Å². The molecule has 6 heteroatoms. The first-order chi connectivity index (χ1) is 9.22. The van der Waals surface area contributed by atoms with E-state index in [9.17, 15) is 9.59 Å². The van der Waals surface area contributed by atoms with Gasteiger partial charge in [0.15, 0.2) is 0 Å². The number of rotatable bonds is 5. The average molecular weight is 269 g/mol. The van der Waals surface area contributed by atoms with Crippen LogP contribution in [0.1, 0.15) is 26.2 Å². The Morgan fingerprint density at radius 1 is 1.58 bits per heavy atom. The van der Waals surface area contributed by atoms with E-state index in [-0.39, 0.29) is 30.5 Å². The Morgan fingerprint density at radius 2 is 2.42 bits per heavy atom. The number of hydrogen-bond donors (Lipinski definition) is 2. The van der Waals surface area contributed by atoms with Crippen LogP contribution in [0.3, 0.4) is 0 Å². The van der Waals surface area contributed by atoms with E-state index < -0.39 is 0 Å². The molecule has 0 bridgehead atoms. The lowest BCUT2D eigenvalue weighted by Crippen LogP contribution is -2.58. The monoisotopic (exact) mass is 269 g/mol. The molecular weight excluding hydrogens is 246 g/mol. The van der Waals surface area contributed by atoms with Crippen LogP contribution in [0, 0.1) is 0 Å². The van der Waals surface area contributed by atoms with Gasteiger partial charge in [-0.1, -0.05) is 6.92 Å². The van der Waals surface area contributed by atoms with Gasteiger partial charge in [-0.2, -0.15) is 0 Å². The van der Waals surface area contributed by atoms with E-state index in [2.05, 4.69) is 10.6 Å². The minimum Gasteiger partial charge on any atom is -0.377 e. The van der Waals surface area contributed by atoms with Gasteiger partial charge < -0.3 is 20.3 Å². The second kappa shape index (κ2) is 6.86. The summed E-state index contributed by atoms with van der Waals surface area (Å²) in [7, 11) is 0. The summed E-state index contributed by atoms with van der Waals surface area (Å²) in [6.45, 7) is 4.89. The Morgan fingerprint density at radius 3 is 3.11 bits per heavy atom. The first-order valence-corrected chi connectivity index (χ1v) is 7.12. The van der Waals surface area contributed by atoms with Gasteiger partial charge in [0.2, 0.25) is 11.8 Å². The second-order valence-electron chi connectivity index (χ2n) is 5.07. The number of carbonyl (C=O) groups is 2. The van der Waals surface area contributed by atoms with Gasteiger partial charge >= 0.3 is 0 Å². The van der Waals surface area contributed by atoms with Crippen LogP contribution in [-0.4, -0.2) is 61.6 Å². The van der Waals surface area contributed by atoms with E-state index in [4.69, 9.17) is 4.74 Å². The molecule has 0 aromatic rings. The zero-order valence-electron chi connectivity index (χ0n) is 11.5. The topological polar surface area (TPSA) is 70.7 Å². The van der Waals surface area contributed by atoms with E-state index in [0.717, 1.165) is 19.4 Å². The van der Waals surface area contributed by atoms with Gasteiger partial charge in [-0.15, -0.1) is 0 Å². The highest BCUT2D eigenvalue weighted by Gasteiger charge is 2.31. The molecule has 2 unspecified atom stereocenters. The molecule has 0 aliphatic carbocycles. The van der Waals surface area contributed by atoms with Gasteiger partial charge in [-0.3, -0.25) is 9.59 Å². The molecule has 0 saturated carbocycles. The summed E-state index contributed by atoms with van der Waals surface area (Å²) in [6, 6.07) is -0.314. The number of amides is 2. The second-order valence-corrected chi connectivity index (χ2v) is 5.07. The molecule has 0 radical (unpaired) electrons. The van der Waals surface area contributed by atoms with Gasteiger partial charge in [0.1, 0.15) is 6.04 Å². The molecule has 2 atom stereocenters. The quantitative estimate of drug-likeness (QED) is 0.705. The Hall–Kier alpha value is -1.14. The molecule has 19 heavy (non-hydrogen) atoms. The lowest BCUT2D eigenvalue weighted by molar-refractivity contribution is -0.142. The van der Waals surface area contributed by atoms with E-state index in [0.29, 0.717) is 26.1 Å². The van der Waals surface area contributed by atoms with Crippen molar-refractivity contribution in [1.82, 2.24) is 15.5 Å². The molecule has 2 aliphatic heterocycles. The average Bonchev–Trinajstić information content (AvgIpc) is 2.91. The standard InChI is InChI=1S/C13H23N3O3/c1-2-11-13(18)15-5-6-16(11)12(17)9-14-8-10-4-3-7-19-10/h10-11,14H,2-9H2,1H3,(H,15,18). The lowest BCUT2D eigenvalue weighted by Gasteiger charge is -2.34. The largest absolute Gasteiger partial charge is 0.377 e. The maximum absolute atomic E-state index is 12.1. The number of piperazine rings is 1. The predicted molar refractivity (Wildman–Crippen MR) is 70.6 cm³/mol. The maximum Gasteiger partial charge on any atom is 0.242 e. The fraction of sp³-hybridized carbons (Fsp3) is 0.846. The molecule has 2 N–H and O–H groups in total. The minimum atomic E-state index is -0.314. The highest BCUT2D eigenvalue weighted by molar-refractivity contribution is 5.89. The van der Waals surface area contributed by atoms with Gasteiger partial charge in [-0.25, -0.2) is 0 Å². The highest BCUT2D eigenvalue weighted by Crippen LogP contribution is 2.11. The molecule has 2 amide bonds. The predicted octanol–water partition coefficient (Wildman–Crippen LogP) is -0.508. The van der Waals surface area contributed by atoms with Crippen molar-refractivity contribution in [3.05, 3.63) is 0 Å². The SMILES string of the molecule is CCC1C(=O)NCCN1C(=O)CNCC1CCCO1. The third-order valence-corrected chi connectivity index (χ3v) is 3.71. The van der Waals surface area contributed by atoms with Crippen molar-refractivity contribution in [1.29, 1.82) is 0 Å². The molecular formula is C13H23N3O3. The van der Waals surface area contributed by atoms with Crippen molar-refractivity contribution < 1.29 is 14.3 Å². The van der Waals surface area contributed by atoms with Crippen LogP contribution in [-0.2, 0) is 14.3 Å². The summed E-state index contributed by atoms with van der Waals surface area (Å²) in [5.41, 5.74) is 0. The van der Waals surface area contributed by atoms with Gasteiger partial charge in [0.05, 0.1) is 12.6 Å². The van der Waals surface area contributed by atoms with Crippen molar-refractivity contribution in [2.24, 2.45) is 0 Å². The summed E-state index contributed by atoms with van der Waals surface area (Å²) >= 11 is 0. The Balaban J connectivity index is 1.76. The van der Waals surface area contributed by atoms with Crippen molar-refractivity contribution in [2.75, 3.05) is 32.8 Å². The Kier molecular flexibility index (Phi) is 5.15. The first-order valence-electron chi connectivity index (χ1n) is 7.12. The summed E-state index contributed by atoms with van der Waals surface area (Å²) in [4.78, 5) is 25.5. The number of hydrogen-bond acceptors (Lipinski definition) is 4. The molecule has 0 aromatic carbocycles. The van der Waals surface area contributed by atoms with Gasteiger partial charge in [-0.05, 0) is 19.3 Å². The molecule has 2 rings (SSSR count). The van der Waals surface area contributed by atoms with Crippen molar-refractivity contribution in [2.45, 2.75) is 38.3 Å². The van der Waals surface area contributed by atoms with Crippen LogP contribution >= 0.6 is 0 Å². The van der Waals surface area contributed by atoms with Crippen molar-refractivity contribution in [3.63, 3.8) is 0 Å². The summed E-state index contributed by atoms with van der Waals surface area (Å²) < 4.78 is 5.49. The number of ether oxygens (including phenoxy) is 1. The van der Waals surface area contributed by atoms with Gasteiger partial charge in [0.25, 0.3) is 0 Å². The summed E-state index contributed by atoms with van der Waals surface area (Å²) in [5, 5.41) is 5.93. The number of nitrogens with zero attached hydrogens (tertiary/aromatic N) is 1. The Bertz CT molecular complexity index is 329. The van der Waals surface area contributed by atoms with Crippen molar-refractivity contribution >= 4 is 11.8 Å². The number of nitrogens with one attached hydrogen (secondary N) is 2. The highest BCUT2D eigenvalue weighted by atomic mass is 16.5. The van der Waals surface area contributed by atoms with E-state index in [1.165, 1.54) is 0 Å². The summed E-state index contributed by atoms with van der Waals surface area (Å²) in [5.74, 6) is -0.0408. The molecule has 108 valence electrons. The van der Waals surface area contributed by atoms with E-state index >= 15 is 0 Å². The van der Waals surface area contributed by atoms with E-state index in [1.54, 1.807) is 4.90 Å². The molecule has 0 spiro atoms. The fourth-order valence-corrected chi connectivity index (χ4v) is 2.67. The minimum absolute atomic E-state index is 0.000281. The van der Waals surface area contributed by atoms with Crippen LogP contribution in [0.4, 0.5) is 0 Å². The summed E-state index contributed by atoms with van der Waals surface area (Å²) in [6.07, 6.45) is 3.05. The zero-order chi connectivity index (χ0) is 13.7. The number of carbonyl (C=O) groups excluding carboxylic acids is 2. The van der Waals surface area contributed by atoms with Crippen LogP contribution in [0.2, 0.25) is 0 Å². The van der Waals surface area contributed by atoms with Crippen LogP contribution in [0.15, 0.2) is 0 Å². The van der Waals surface area contributed by atoms with Crippen LogP contribution in [0.5, 0.6) is 0 Å². The molecule has 2 heterocycles. The van der Waals surface area contributed by atoms with Gasteiger partial charge in [0, 0.05) is 26.2 Å². The van der Waals surface area contributed by atoms with Crippen LogP contribution < -0.4 is 10.6 Å². The third kappa shape index (κ3) is 3.67. The molecule has 2 saturated heterocycles. The van der Waals surface area contributed by atoms with Crippen molar-refractivity contribution in [3.8, 4) is 0 Å². The fourth-order valence-electron chi connectivity index (χ4n) is 2.67. The first kappa shape index (κ1) is 14.3. The molecule has 0 aromatic heterocycles. The molecule has 6 nitrogen and oxygen atoms in total.